The number of fused-ring (bicyclic) bond motifs is 1. The van der Waals surface area contributed by atoms with Crippen molar-refractivity contribution in [3.8, 4) is 0 Å². The average molecular weight is 702 g/mol. The van der Waals surface area contributed by atoms with E-state index in [4.69, 9.17) is 4.98 Å². The number of aromatic nitrogens is 7. The largest absolute Gasteiger partial charge is 0.393 e. The van der Waals surface area contributed by atoms with E-state index in [1.165, 1.54) is 21.7 Å². The Morgan fingerprint density at radius 1 is 1.15 bits per heavy atom. The molecule has 2 aliphatic heterocycles. The molecular weight excluding hydrogens is 665 g/mol. The topological polar surface area (TPSA) is 166 Å². The van der Waals surface area contributed by atoms with E-state index < -0.39 is 76.4 Å². The zero-order chi connectivity index (χ0) is 34.4. The monoisotopic (exact) mass is 701 g/mol. The van der Waals surface area contributed by atoms with E-state index in [1.807, 2.05) is 0 Å². The highest BCUT2D eigenvalue weighted by Gasteiger charge is 2.45. The number of carbonyl (C=O) groups is 2. The quantitative estimate of drug-likeness (QED) is 0.336. The SMILES string of the molecule is CCn1ncnc1C(=O)N[C@H](c1cn2nc(C[C@H]3C[C@@H](C(F)(F)F)CNC3=O)c(C3CCS(=O)(=O)CC3)nc2n1)C1CCC(F)(F)CC1. The number of nitrogens with zero attached hydrogens (tertiary/aromatic N) is 7. The van der Waals surface area contributed by atoms with Crippen molar-refractivity contribution >= 4 is 27.4 Å². The van der Waals surface area contributed by atoms with Crippen molar-refractivity contribution in [2.24, 2.45) is 17.8 Å². The Morgan fingerprint density at radius 3 is 2.52 bits per heavy atom. The molecule has 3 aromatic heterocycles. The van der Waals surface area contributed by atoms with Crippen LogP contribution in [0.5, 0.6) is 0 Å². The van der Waals surface area contributed by atoms with E-state index in [0.29, 0.717) is 12.2 Å². The highest BCUT2D eigenvalue weighted by Crippen LogP contribution is 2.42. The van der Waals surface area contributed by atoms with Gasteiger partial charge in [-0.15, -0.1) is 0 Å². The maximum Gasteiger partial charge on any atom is 0.393 e. The third kappa shape index (κ3) is 7.29. The molecule has 0 aromatic carbocycles. The van der Waals surface area contributed by atoms with Crippen LogP contribution in [0.25, 0.3) is 5.78 Å². The molecule has 19 heteroatoms. The summed E-state index contributed by atoms with van der Waals surface area (Å²) in [6, 6.07) is -0.845. The molecule has 3 fully saturated rings. The summed E-state index contributed by atoms with van der Waals surface area (Å²) in [4.78, 5) is 39.5. The lowest BCUT2D eigenvalue weighted by Crippen LogP contribution is -2.47. The highest BCUT2D eigenvalue weighted by molar-refractivity contribution is 7.91. The number of alkyl halides is 5. The zero-order valence-electron chi connectivity index (χ0n) is 26.1. The van der Waals surface area contributed by atoms with Gasteiger partial charge in [0.05, 0.1) is 46.7 Å². The third-order valence-electron chi connectivity index (χ3n) is 9.70. The first kappa shape index (κ1) is 34.1. The summed E-state index contributed by atoms with van der Waals surface area (Å²) >= 11 is 0. The summed E-state index contributed by atoms with van der Waals surface area (Å²) in [6.45, 7) is 1.63. The van der Waals surface area contributed by atoms with Crippen LogP contribution in [-0.4, -0.2) is 84.7 Å². The predicted octanol–water partition coefficient (Wildman–Crippen LogP) is 3.18. The fourth-order valence-corrected chi connectivity index (χ4v) is 8.43. The molecule has 2 N–H and O–H groups in total. The number of hydrogen-bond acceptors (Lipinski definition) is 9. The van der Waals surface area contributed by atoms with Gasteiger partial charge in [-0.25, -0.2) is 41.3 Å². The lowest BCUT2D eigenvalue weighted by molar-refractivity contribution is -0.183. The Morgan fingerprint density at radius 2 is 1.85 bits per heavy atom. The number of imidazole rings is 1. The molecule has 0 spiro atoms. The molecule has 3 atom stereocenters. The second kappa shape index (κ2) is 12.9. The number of carbonyl (C=O) groups excluding carboxylic acids is 2. The minimum absolute atomic E-state index is 0.0309. The van der Waals surface area contributed by atoms with Crippen LogP contribution in [0.3, 0.4) is 0 Å². The van der Waals surface area contributed by atoms with Crippen molar-refractivity contribution < 1.29 is 40.0 Å². The molecule has 3 aliphatic rings. The van der Waals surface area contributed by atoms with Gasteiger partial charge in [0, 0.05) is 44.2 Å². The standard InChI is InChI=1S/C29H36F5N9O4S/c1-2-42-24(36-15-37-42)26(45)39-23(16-3-7-28(30,31)8-4-16)21-14-43-27(38-21)40-22(17-5-9-48(46,47)10-6-17)20(41-43)12-18-11-19(29(32,33)34)13-35-25(18)44/h14-19,23H,2-13H2,1H3,(H,35,44)(H,39,45)/t18-,19-,23+/m1/s1. The van der Waals surface area contributed by atoms with E-state index in [-0.39, 0.29) is 79.4 Å². The first-order valence-electron chi connectivity index (χ1n) is 16.0. The number of nitrogens with one attached hydrogen (secondary N) is 2. The van der Waals surface area contributed by atoms with Gasteiger partial charge in [-0.2, -0.15) is 23.4 Å². The Hall–Kier alpha value is -3.77. The zero-order valence-corrected chi connectivity index (χ0v) is 26.9. The normalized spacial score (nSPS) is 24.3. The van der Waals surface area contributed by atoms with Gasteiger partial charge in [0.25, 0.3) is 11.7 Å². The van der Waals surface area contributed by atoms with Crippen molar-refractivity contribution in [1.82, 2.24) is 45.0 Å². The van der Waals surface area contributed by atoms with Crippen LogP contribution in [-0.2, 0) is 27.6 Å². The van der Waals surface area contributed by atoms with Gasteiger partial charge in [-0.1, -0.05) is 0 Å². The Bertz CT molecular complexity index is 1770. The summed E-state index contributed by atoms with van der Waals surface area (Å²) in [5.41, 5.74) is 0.876. The van der Waals surface area contributed by atoms with Crippen molar-refractivity contribution in [1.29, 1.82) is 0 Å². The van der Waals surface area contributed by atoms with Crippen molar-refractivity contribution in [3.63, 3.8) is 0 Å². The second-order valence-electron chi connectivity index (χ2n) is 12.9. The molecule has 1 saturated carbocycles. The predicted molar refractivity (Wildman–Crippen MR) is 159 cm³/mol. The summed E-state index contributed by atoms with van der Waals surface area (Å²) in [7, 11) is -3.26. The number of piperidine rings is 1. The smallest absolute Gasteiger partial charge is 0.355 e. The van der Waals surface area contributed by atoms with Crippen LogP contribution < -0.4 is 10.6 Å². The number of sulfone groups is 1. The van der Waals surface area contributed by atoms with Crippen molar-refractivity contribution in [3.05, 3.63) is 35.4 Å². The summed E-state index contributed by atoms with van der Waals surface area (Å²) in [5.74, 6) is -7.67. The van der Waals surface area contributed by atoms with E-state index in [1.54, 1.807) is 6.92 Å². The molecule has 0 bridgehead atoms. The molecule has 1 aliphatic carbocycles. The van der Waals surface area contributed by atoms with Gasteiger partial charge in [0.2, 0.25) is 17.7 Å². The third-order valence-corrected chi connectivity index (χ3v) is 11.4. The highest BCUT2D eigenvalue weighted by atomic mass is 32.2. The van der Waals surface area contributed by atoms with Gasteiger partial charge >= 0.3 is 6.18 Å². The van der Waals surface area contributed by atoms with Crippen LogP contribution in [0.15, 0.2) is 12.5 Å². The fraction of sp³-hybridized carbons (Fsp3) is 0.690. The van der Waals surface area contributed by atoms with Gasteiger partial charge in [0.1, 0.15) is 16.2 Å². The first-order valence-corrected chi connectivity index (χ1v) is 17.8. The maximum atomic E-state index is 14.1. The Kier molecular flexibility index (Phi) is 9.18. The van der Waals surface area contributed by atoms with Gasteiger partial charge in [-0.3, -0.25) is 9.59 Å². The minimum atomic E-state index is -4.51. The van der Waals surface area contributed by atoms with Crippen LogP contribution >= 0.6 is 0 Å². The Balaban J connectivity index is 1.37. The average Bonchev–Trinajstić information content (AvgIpc) is 3.67. The number of rotatable bonds is 8. The van der Waals surface area contributed by atoms with Gasteiger partial charge in [-0.05, 0) is 44.9 Å². The molecule has 48 heavy (non-hydrogen) atoms. The van der Waals surface area contributed by atoms with Crippen LogP contribution in [0.2, 0.25) is 0 Å². The van der Waals surface area contributed by atoms with Gasteiger partial charge in [0.15, 0.2) is 0 Å². The number of halogens is 5. The Labute approximate surface area is 272 Å². The molecule has 3 aromatic rings. The molecule has 2 saturated heterocycles. The molecule has 6 rings (SSSR count). The van der Waals surface area contributed by atoms with E-state index in [9.17, 15) is 40.0 Å². The minimum Gasteiger partial charge on any atom is -0.355 e. The van der Waals surface area contributed by atoms with Gasteiger partial charge < -0.3 is 10.6 Å². The van der Waals surface area contributed by atoms with Crippen LogP contribution in [0.1, 0.15) is 91.5 Å². The summed E-state index contributed by atoms with van der Waals surface area (Å²) in [6.07, 6.45) is -2.53. The number of aryl methyl sites for hydroxylation is 1. The molecule has 262 valence electrons. The molecular formula is C29H36F5N9O4S. The maximum absolute atomic E-state index is 14.1. The molecule has 0 unspecified atom stereocenters. The molecule has 0 radical (unpaired) electrons. The summed E-state index contributed by atoms with van der Waals surface area (Å²) in [5, 5.41) is 13.9. The first-order chi connectivity index (χ1) is 22.6. The van der Waals surface area contributed by atoms with Crippen molar-refractivity contribution in [2.75, 3.05) is 18.1 Å². The van der Waals surface area contributed by atoms with Crippen molar-refractivity contribution in [2.45, 2.75) is 88.9 Å². The molecule has 13 nitrogen and oxygen atoms in total. The summed E-state index contributed by atoms with van der Waals surface area (Å²) < 4.78 is 96.2. The number of hydrogen-bond donors (Lipinski definition) is 2. The molecule has 5 heterocycles. The lowest BCUT2D eigenvalue weighted by atomic mass is 9.81. The van der Waals surface area contributed by atoms with E-state index >= 15 is 0 Å². The second-order valence-corrected chi connectivity index (χ2v) is 15.2. The van der Waals surface area contributed by atoms with Crippen LogP contribution in [0, 0.1) is 17.8 Å². The number of amides is 2. The van der Waals surface area contributed by atoms with E-state index in [2.05, 4.69) is 30.8 Å². The fourth-order valence-electron chi connectivity index (χ4n) is 6.93. The lowest BCUT2D eigenvalue weighted by Gasteiger charge is -2.33. The van der Waals surface area contributed by atoms with E-state index in [0.717, 1.165) is 0 Å². The van der Waals surface area contributed by atoms with Crippen LogP contribution in [0.4, 0.5) is 22.0 Å². The molecule has 2 amide bonds.